The molecular formula is C18H13N5O3S. The monoisotopic (exact) mass is 379 g/mol. The molecule has 0 aliphatic carbocycles. The molecule has 134 valence electrons. The van der Waals surface area contributed by atoms with E-state index in [2.05, 4.69) is 15.3 Å². The maximum absolute atomic E-state index is 10.9. The summed E-state index contributed by atoms with van der Waals surface area (Å²) in [6, 6.07) is 15.9. The number of non-ortho nitro benzene ring substituents is 1. The Morgan fingerprint density at radius 3 is 2.78 bits per heavy atom. The molecule has 0 spiro atoms. The number of hydrogen-bond donors (Lipinski definition) is 0. The molecule has 0 aliphatic rings. The highest BCUT2D eigenvalue weighted by atomic mass is 32.1. The van der Waals surface area contributed by atoms with Gasteiger partial charge in [-0.15, -0.1) is 10.2 Å². The van der Waals surface area contributed by atoms with Crippen LogP contribution in [0.2, 0.25) is 0 Å². The predicted molar refractivity (Wildman–Crippen MR) is 101 cm³/mol. The zero-order valence-corrected chi connectivity index (χ0v) is 14.7. The normalized spacial score (nSPS) is 11.3. The molecule has 0 aliphatic heterocycles. The van der Waals surface area contributed by atoms with Gasteiger partial charge in [0.1, 0.15) is 17.4 Å². The largest absolute Gasteiger partial charge is 0.486 e. The van der Waals surface area contributed by atoms with E-state index in [1.807, 2.05) is 30.3 Å². The number of rotatable bonds is 6. The van der Waals surface area contributed by atoms with Crippen molar-refractivity contribution in [2.75, 3.05) is 0 Å². The van der Waals surface area contributed by atoms with Crippen LogP contribution in [0.3, 0.4) is 0 Å². The first-order valence-corrected chi connectivity index (χ1v) is 8.82. The van der Waals surface area contributed by atoms with Crippen molar-refractivity contribution in [1.29, 1.82) is 0 Å². The Hall–Kier alpha value is -3.59. The summed E-state index contributed by atoms with van der Waals surface area (Å²) in [7, 11) is 0. The van der Waals surface area contributed by atoms with E-state index in [-0.39, 0.29) is 12.3 Å². The number of ether oxygens (including phenoxy) is 1. The molecule has 0 amide bonds. The number of aromatic nitrogens is 4. The van der Waals surface area contributed by atoms with Crippen LogP contribution in [-0.2, 0) is 6.61 Å². The summed E-state index contributed by atoms with van der Waals surface area (Å²) < 4.78 is 7.33. The van der Waals surface area contributed by atoms with Crippen LogP contribution in [0.4, 0.5) is 5.69 Å². The van der Waals surface area contributed by atoms with Crippen molar-refractivity contribution in [2.24, 2.45) is 0 Å². The molecule has 2 aromatic heterocycles. The van der Waals surface area contributed by atoms with Crippen molar-refractivity contribution in [3.05, 3.63) is 81.1 Å². The summed E-state index contributed by atoms with van der Waals surface area (Å²) in [5.74, 6) is 1.34. The Morgan fingerprint density at radius 1 is 1.11 bits per heavy atom. The van der Waals surface area contributed by atoms with Crippen LogP contribution >= 0.6 is 11.3 Å². The van der Waals surface area contributed by atoms with E-state index in [0.29, 0.717) is 15.8 Å². The third-order valence-corrected chi connectivity index (χ3v) is 4.55. The molecule has 0 radical (unpaired) electrons. The van der Waals surface area contributed by atoms with Crippen LogP contribution in [0, 0.1) is 10.1 Å². The SMILES string of the molecule is O=[N+]([O-])c1cccc(C=Cc2nn3c(COc4ccccc4)nnc3s2)c1. The smallest absolute Gasteiger partial charge is 0.270 e. The van der Waals surface area contributed by atoms with Crippen molar-refractivity contribution in [1.82, 2.24) is 19.8 Å². The quantitative estimate of drug-likeness (QED) is 0.373. The molecule has 4 aromatic rings. The zero-order valence-electron chi connectivity index (χ0n) is 13.9. The Labute approximate surface area is 157 Å². The molecule has 0 saturated heterocycles. The molecule has 2 aromatic carbocycles. The third kappa shape index (κ3) is 3.82. The molecule has 2 heterocycles. The second kappa shape index (κ2) is 7.34. The molecule has 0 unspecified atom stereocenters. The summed E-state index contributed by atoms with van der Waals surface area (Å²) >= 11 is 1.37. The van der Waals surface area contributed by atoms with Crippen LogP contribution in [-0.4, -0.2) is 24.7 Å². The number of hydrogen-bond acceptors (Lipinski definition) is 7. The fourth-order valence-electron chi connectivity index (χ4n) is 2.40. The van der Waals surface area contributed by atoms with Crippen LogP contribution < -0.4 is 4.74 Å². The maximum Gasteiger partial charge on any atom is 0.270 e. The molecule has 27 heavy (non-hydrogen) atoms. The molecule has 9 heteroatoms. The van der Waals surface area contributed by atoms with Crippen molar-refractivity contribution >= 4 is 34.1 Å². The molecular weight excluding hydrogens is 366 g/mol. The predicted octanol–water partition coefficient (Wildman–Crippen LogP) is 3.84. The minimum absolute atomic E-state index is 0.0515. The van der Waals surface area contributed by atoms with Gasteiger partial charge in [0, 0.05) is 12.1 Å². The number of nitro groups is 1. The van der Waals surface area contributed by atoms with Gasteiger partial charge in [-0.3, -0.25) is 10.1 Å². The first-order valence-electron chi connectivity index (χ1n) is 8.00. The highest BCUT2D eigenvalue weighted by Crippen LogP contribution is 2.19. The molecule has 0 fully saturated rings. The van der Waals surface area contributed by atoms with Gasteiger partial charge in [0.2, 0.25) is 4.96 Å². The van der Waals surface area contributed by atoms with Gasteiger partial charge in [-0.2, -0.15) is 9.61 Å². The second-order valence-corrected chi connectivity index (χ2v) is 6.53. The molecule has 4 rings (SSSR count). The number of nitro benzene ring substituents is 1. The van der Waals surface area contributed by atoms with E-state index in [1.54, 1.807) is 28.8 Å². The molecule has 0 atom stereocenters. The Kier molecular flexibility index (Phi) is 4.58. The summed E-state index contributed by atoms with van der Waals surface area (Å²) in [5.41, 5.74) is 0.776. The van der Waals surface area contributed by atoms with Gasteiger partial charge in [-0.25, -0.2) is 0 Å². The molecule has 0 N–H and O–H groups in total. The topological polar surface area (TPSA) is 95.5 Å². The fourth-order valence-corrected chi connectivity index (χ4v) is 3.16. The van der Waals surface area contributed by atoms with Crippen molar-refractivity contribution in [2.45, 2.75) is 6.61 Å². The van der Waals surface area contributed by atoms with Crippen molar-refractivity contribution in [3.63, 3.8) is 0 Å². The Balaban J connectivity index is 1.51. The Morgan fingerprint density at radius 2 is 1.96 bits per heavy atom. The average Bonchev–Trinajstić information content (AvgIpc) is 3.26. The van der Waals surface area contributed by atoms with Gasteiger partial charge in [0.25, 0.3) is 5.69 Å². The van der Waals surface area contributed by atoms with E-state index in [0.717, 1.165) is 11.3 Å². The number of benzene rings is 2. The van der Waals surface area contributed by atoms with Crippen LogP contribution in [0.5, 0.6) is 5.75 Å². The molecule has 0 saturated carbocycles. The lowest BCUT2D eigenvalue weighted by atomic mass is 10.2. The van der Waals surface area contributed by atoms with Crippen LogP contribution in [0.25, 0.3) is 17.1 Å². The standard InChI is InChI=1S/C18H13N5O3S/c24-23(25)14-6-4-5-13(11-14)9-10-17-21-22-16(19-20-18(22)27-17)12-26-15-7-2-1-3-8-15/h1-11H,12H2. The van der Waals surface area contributed by atoms with Gasteiger partial charge in [0.15, 0.2) is 5.82 Å². The first-order chi connectivity index (χ1) is 13.2. The van der Waals surface area contributed by atoms with Gasteiger partial charge < -0.3 is 4.74 Å². The highest BCUT2D eigenvalue weighted by molar-refractivity contribution is 7.17. The van der Waals surface area contributed by atoms with Gasteiger partial charge >= 0.3 is 0 Å². The minimum atomic E-state index is -0.417. The van der Waals surface area contributed by atoms with Gasteiger partial charge in [-0.05, 0) is 23.8 Å². The lowest BCUT2D eigenvalue weighted by molar-refractivity contribution is -0.384. The first kappa shape index (κ1) is 16.9. The van der Waals surface area contributed by atoms with Crippen LogP contribution in [0.1, 0.15) is 16.4 Å². The fraction of sp³-hybridized carbons (Fsp3) is 0.0556. The highest BCUT2D eigenvalue weighted by Gasteiger charge is 2.11. The third-order valence-electron chi connectivity index (χ3n) is 3.68. The summed E-state index contributed by atoms with van der Waals surface area (Å²) in [6.45, 7) is 0.253. The Bertz CT molecular complexity index is 1120. The van der Waals surface area contributed by atoms with Gasteiger partial charge in [0.05, 0.1) is 4.92 Å². The summed E-state index contributed by atoms with van der Waals surface area (Å²) in [4.78, 5) is 11.1. The van der Waals surface area contributed by atoms with Crippen molar-refractivity contribution < 1.29 is 9.66 Å². The summed E-state index contributed by atoms with van der Waals surface area (Å²) in [5, 5.41) is 24.2. The summed E-state index contributed by atoms with van der Waals surface area (Å²) in [6.07, 6.45) is 3.57. The number of fused-ring (bicyclic) bond motifs is 1. The van der Waals surface area contributed by atoms with E-state index in [1.165, 1.54) is 23.5 Å². The minimum Gasteiger partial charge on any atom is -0.486 e. The average molecular weight is 379 g/mol. The van der Waals surface area contributed by atoms with Crippen molar-refractivity contribution in [3.8, 4) is 5.75 Å². The molecule has 0 bridgehead atoms. The van der Waals surface area contributed by atoms with E-state index >= 15 is 0 Å². The lowest BCUT2D eigenvalue weighted by Crippen LogP contribution is -2.02. The van der Waals surface area contributed by atoms with E-state index < -0.39 is 4.92 Å². The lowest BCUT2D eigenvalue weighted by Gasteiger charge is -2.02. The van der Waals surface area contributed by atoms with E-state index in [4.69, 9.17) is 4.74 Å². The van der Waals surface area contributed by atoms with E-state index in [9.17, 15) is 10.1 Å². The second-order valence-electron chi connectivity index (χ2n) is 5.54. The number of nitrogens with zero attached hydrogens (tertiary/aromatic N) is 5. The zero-order chi connectivity index (χ0) is 18.6. The molecule has 8 nitrogen and oxygen atoms in total. The van der Waals surface area contributed by atoms with Crippen LogP contribution in [0.15, 0.2) is 54.6 Å². The maximum atomic E-state index is 10.9. The van der Waals surface area contributed by atoms with Gasteiger partial charge in [-0.1, -0.05) is 47.7 Å². The number of para-hydroxylation sites is 1.